The molecule has 0 unspecified atom stereocenters. The number of hydrogen-bond acceptors (Lipinski definition) is 1. The van der Waals surface area contributed by atoms with Gasteiger partial charge in [0.05, 0.1) is 0 Å². The van der Waals surface area contributed by atoms with E-state index in [4.69, 9.17) is 0 Å². The Morgan fingerprint density at radius 2 is 1.62 bits per heavy atom. The maximum Gasteiger partial charge on any atom is 0.0489 e. The lowest BCUT2D eigenvalue weighted by Gasteiger charge is -2.42. The van der Waals surface area contributed by atoms with Crippen molar-refractivity contribution in [2.45, 2.75) is 38.1 Å². The summed E-state index contributed by atoms with van der Waals surface area (Å²) in [6.45, 7) is 3.54. The van der Waals surface area contributed by atoms with Gasteiger partial charge in [0.25, 0.3) is 0 Å². The molecule has 0 radical (unpaired) electrons. The largest absolute Gasteiger partial charge is 0.296 e. The van der Waals surface area contributed by atoms with Crippen molar-refractivity contribution in [2.75, 3.05) is 13.6 Å². The third kappa shape index (κ3) is 3.96. The summed E-state index contributed by atoms with van der Waals surface area (Å²) in [5.41, 5.74) is 2.81. The fourth-order valence-corrected chi connectivity index (χ4v) is 3.68. The molecule has 0 spiro atoms. The van der Waals surface area contributed by atoms with Crippen molar-refractivity contribution >= 4 is 6.08 Å². The SMILES string of the molecule is CC[C@@](C/C=C/c1ccccc1)(c1ccccc1)N(C)CC1CC1. The Morgan fingerprint density at radius 3 is 2.21 bits per heavy atom. The molecule has 1 heteroatoms. The van der Waals surface area contributed by atoms with Crippen molar-refractivity contribution in [3.63, 3.8) is 0 Å². The van der Waals surface area contributed by atoms with Crippen molar-refractivity contribution < 1.29 is 0 Å². The summed E-state index contributed by atoms with van der Waals surface area (Å²) >= 11 is 0. The summed E-state index contributed by atoms with van der Waals surface area (Å²) in [4.78, 5) is 2.61. The van der Waals surface area contributed by atoms with Crippen LogP contribution >= 0.6 is 0 Å². The van der Waals surface area contributed by atoms with E-state index in [1.807, 2.05) is 0 Å². The molecular formula is C23H29N. The average Bonchev–Trinajstić information content (AvgIpc) is 3.44. The maximum absolute atomic E-state index is 2.61. The fraction of sp³-hybridized carbons (Fsp3) is 0.391. The second kappa shape index (κ2) is 7.81. The third-order valence-corrected chi connectivity index (χ3v) is 5.42. The van der Waals surface area contributed by atoms with Crippen molar-refractivity contribution in [3.8, 4) is 0 Å². The molecule has 0 amide bonds. The van der Waals surface area contributed by atoms with Crippen LogP contribution in [-0.4, -0.2) is 18.5 Å². The molecule has 2 aromatic carbocycles. The Balaban J connectivity index is 1.84. The molecule has 1 atom stereocenters. The van der Waals surface area contributed by atoms with Crippen LogP contribution in [-0.2, 0) is 5.54 Å². The summed E-state index contributed by atoms with van der Waals surface area (Å²) in [6, 6.07) is 21.7. The molecule has 0 N–H and O–H groups in total. The molecule has 1 aliphatic rings. The Kier molecular flexibility index (Phi) is 5.52. The highest BCUT2D eigenvalue weighted by molar-refractivity contribution is 5.49. The standard InChI is InChI=1S/C23H29N/c1-3-23(22-14-8-5-9-15-22,24(2)19-21-16-17-21)18-10-13-20-11-6-4-7-12-20/h4-15,21H,3,16-19H2,1-2H3/b13-10+/t23-/m1/s1. The zero-order valence-corrected chi connectivity index (χ0v) is 15.0. The van der Waals surface area contributed by atoms with Crippen LogP contribution < -0.4 is 0 Å². The van der Waals surface area contributed by atoms with Gasteiger partial charge in [0.1, 0.15) is 0 Å². The third-order valence-electron chi connectivity index (χ3n) is 5.42. The molecule has 0 bridgehead atoms. The van der Waals surface area contributed by atoms with Gasteiger partial charge in [-0.1, -0.05) is 79.7 Å². The predicted molar refractivity (Wildman–Crippen MR) is 104 cm³/mol. The minimum Gasteiger partial charge on any atom is -0.296 e. The van der Waals surface area contributed by atoms with Crippen molar-refractivity contribution in [3.05, 3.63) is 77.9 Å². The van der Waals surface area contributed by atoms with Crippen LogP contribution in [0.2, 0.25) is 0 Å². The van der Waals surface area contributed by atoms with Gasteiger partial charge in [-0.25, -0.2) is 0 Å². The normalized spacial score (nSPS) is 17.3. The highest BCUT2D eigenvalue weighted by Gasteiger charge is 2.36. The molecule has 1 fully saturated rings. The quantitative estimate of drug-likeness (QED) is 0.600. The van der Waals surface area contributed by atoms with Crippen LogP contribution in [0.25, 0.3) is 6.08 Å². The molecule has 0 heterocycles. The summed E-state index contributed by atoms with van der Waals surface area (Å²) < 4.78 is 0. The van der Waals surface area contributed by atoms with E-state index in [1.165, 1.54) is 30.5 Å². The van der Waals surface area contributed by atoms with Crippen LogP contribution in [0.15, 0.2) is 66.7 Å². The molecular weight excluding hydrogens is 290 g/mol. The monoisotopic (exact) mass is 319 g/mol. The van der Waals surface area contributed by atoms with E-state index in [-0.39, 0.29) is 5.54 Å². The van der Waals surface area contributed by atoms with E-state index in [0.717, 1.165) is 18.8 Å². The minimum atomic E-state index is 0.0924. The number of rotatable bonds is 8. The molecule has 24 heavy (non-hydrogen) atoms. The zero-order valence-electron chi connectivity index (χ0n) is 15.0. The first-order valence-electron chi connectivity index (χ1n) is 9.23. The Hall–Kier alpha value is -1.86. The van der Waals surface area contributed by atoms with E-state index in [1.54, 1.807) is 0 Å². The summed E-state index contributed by atoms with van der Waals surface area (Å²) in [5, 5.41) is 0. The fourth-order valence-electron chi connectivity index (χ4n) is 3.68. The van der Waals surface area contributed by atoms with Crippen LogP contribution in [0.1, 0.15) is 43.7 Å². The Labute approximate surface area is 147 Å². The van der Waals surface area contributed by atoms with Crippen molar-refractivity contribution in [1.29, 1.82) is 0 Å². The highest BCUT2D eigenvalue weighted by Crippen LogP contribution is 2.39. The van der Waals surface area contributed by atoms with E-state index >= 15 is 0 Å². The topological polar surface area (TPSA) is 3.24 Å². The van der Waals surface area contributed by atoms with E-state index < -0.39 is 0 Å². The van der Waals surface area contributed by atoms with Gasteiger partial charge in [-0.05, 0) is 49.8 Å². The van der Waals surface area contributed by atoms with Crippen LogP contribution in [0, 0.1) is 5.92 Å². The molecule has 1 nitrogen and oxygen atoms in total. The molecule has 126 valence electrons. The second-order valence-corrected chi connectivity index (χ2v) is 7.09. The van der Waals surface area contributed by atoms with E-state index in [0.29, 0.717) is 0 Å². The van der Waals surface area contributed by atoms with Gasteiger partial charge >= 0.3 is 0 Å². The lowest BCUT2D eigenvalue weighted by Crippen LogP contribution is -2.44. The number of nitrogens with zero attached hydrogens (tertiary/aromatic N) is 1. The number of hydrogen-bond donors (Lipinski definition) is 0. The van der Waals surface area contributed by atoms with Gasteiger partial charge in [0.2, 0.25) is 0 Å². The minimum absolute atomic E-state index is 0.0924. The number of benzene rings is 2. The molecule has 0 saturated heterocycles. The smallest absolute Gasteiger partial charge is 0.0489 e. The van der Waals surface area contributed by atoms with Crippen molar-refractivity contribution in [1.82, 2.24) is 4.90 Å². The predicted octanol–water partition coefficient (Wildman–Crippen LogP) is 5.74. The van der Waals surface area contributed by atoms with Gasteiger partial charge in [0.15, 0.2) is 0 Å². The average molecular weight is 319 g/mol. The molecule has 0 aromatic heterocycles. The van der Waals surface area contributed by atoms with Gasteiger partial charge in [0, 0.05) is 12.1 Å². The van der Waals surface area contributed by atoms with E-state index in [2.05, 4.69) is 91.7 Å². The van der Waals surface area contributed by atoms with Gasteiger partial charge in [-0.3, -0.25) is 4.90 Å². The van der Waals surface area contributed by atoms with Crippen LogP contribution in [0.3, 0.4) is 0 Å². The molecule has 2 aromatic rings. The second-order valence-electron chi connectivity index (χ2n) is 7.09. The first-order chi connectivity index (χ1) is 11.7. The van der Waals surface area contributed by atoms with Gasteiger partial charge in [-0.15, -0.1) is 0 Å². The first-order valence-corrected chi connectivity index (χ1v) is 9.23. The first kappa shape index (κ1) is 17.0. The van der Waals surface area contributed by atoms with Gasteiger partial charge in [-0.2, -0.15) is 0 Å². The molecule has 0 aliphatic heterocycles. The van der Waals surface area contributed by atoms with Gasteiger partial charge < -0.3 is 0 Å². The highest BCUT2D eigenvalue weighted by atomic mass is 15.2. The summed E-state index contributed by atoms with van der Waals surface area (Å²) in [5.74, 6) is 0.905. The molecule has 1 aliphatic carbocycles. The lowest BCUT2D eigenvalue weighted by molar-refractivity contribution is 0.108. The Bertz CT molecular complexity index is 642. The van der Waals surface area contributed by atoms with Crippen LogP contribution in [0.5, 0.6) is 0 Å². The summed E-state index contributed by atoms with van der Waals surface area (Å²) in [6.07, 6.45) is 9.59. The lowest BCUT2D eigenvalue weighted by atomic mass is 9.82. The Morgan fingerprint density at radius 1 is 1.00 bits per heavy atom. The molecule has 3 rings (SSSR count). The van der Waals surface area contributed by atoms with Crippen molar-refractivity contribution in [2.24, 2.45) is 5.92 Å². The van der Waals surface area contributed by atoms with E-state index in [9.17, 15) is 0 Å². The zero-order chi connectivity index (χ0) is 16.8. The van der Waals surface area contributed by atoms with Crippen LogP contribution in [0.4, 0.5) is 0 Å². The molecule has 1 saturated carbocycles. The summed E-state index contributed by atoms with van der Waals surface area (Å²) in [7, 11) is 2.31. The maximum atomic E-state index is 2.61.